The van der Waals surface area contributed by atoms with Crippen LogP contribution in [-0.2, 0) is 26.5 Å². The fourth-order valence-electron chi connectivity index (χ4n) is 3.31. The van der Waals surface area contributed by atoms with Gasteiger partial charge in [0.1, 0.15) is 12.4 Å². The smallest absolute Gasteiger partial charge is 0.507 e. The Morgan fingerprint density at radius 1 is 0.750 bits per heavy atom. The van der Waals surface area contributed by atoms with Crippen LogP contribution in [0.15, 0.2) is 72.8 Å². The van der Waals surface area contributed by atoms with Gasteiger partial charge < -0.3 is 5.11 Å². The highest BCUT2D eigenvalue weighted by Gasteiger charge is 2.27. The Morgan fingerprint density at radius 3 is 1.44 bits per heavy atom. The number of aromatic hydroxyl groups is 1. The average molecular weight is 454 g/mol. The first kappa shape index (κ1) is 25.7. The van der Waals surface area contributed by atoms with Gasteiger partial charge in [0.25, 0.3) is 0 Å². The second-order valence-electron chi connectivity index (χ2n) is 9.78. The van der Waals surface area contributed by atoms with Crippen LogP contribution in [0.25, 0.3) is 11.1 Å². The molecule has 0 heterocycles. The molecular weight excluding hydrogens is 419 g/mol. The lowest BCUT2D eigenvalue weighted by molar-refractivity contribution is 0.272. The van der Waals surface area contributed by atoms with Crippen LogP contribution < -0.4 is 0 Å². The van der Waals surface area contributed by atoms with Crippen LogP contribution in [0.3, 0.4) is 0 Å². The predicted octanol–water partition coefficient (Wildman–Crippen LogP) is 7.51. The minimum Gasteiger partial charge on any atom is -0.507 e. The summed E-state index contributed by atoms with van der Waals surface area (Å²) >= 11 is 0. The van der Waals surface area contributed by atoms with Crippen LogP contribution in [0.5, 0.6) is 5.75 Å². The van der Waals surface area contributed by atoms with Gasteiger partial charge in [0, 0.05) is 4.57 Å². The second-order valence-corrected chi connectivity index (χ2v) is 10.5. The molecule has 0 saturated carbocycles. The molecule has 1 atom stereocenters. The molecule has 0 spiro atoms. The van der Waals surface area contributed by atoms with Gasteiger partial charge in [-0.3, -0.25) is 0 Å². The number of hydrogen-bond acceptors (Lipinski definition) is 3. The Morgan fingerprint density at radius 2 is 1.12 bits per heavy atom. The van der Waals surface area contributed by atoms with Crippen molar-refractivity contribution in [2.75, 3.05) is 0 Å². The molecule has 0 radical (unpaired) electrons. The molecule has 1 unspecified atom stereocenters. The zero-order valence-corrected chi connectivity index (χ0v) is 20.7. The summed E-state index contributed by atoms with van der Waals surface area (Å²) in [4.78, 5) is 8.76. The molecule has 3 aromatic rings. The van der Waals surface area contributed by atoms with Gasteiger partial charge in [0.05, 0.1) is 0 Å². The minimum atomic E-state index is -2.62. The SMILES string of the molecule is CC(C)(C)c1cc(CO[P+](=O)O)cc(C(C)(C)C)c1O.c1ccc(-c2ccccc2)cc1. The molecule has 0 saturated heterocycles. The lowest BCUT2D eigenvalue weighted by atomic mass is 9.78. The monoisotopic (exact) mass is 453 g/mol. The number of rotatable bonds is 4. The second kappa shape index (κ2) is 10.9. The number of phenolic OH excluding ortho intramolecular Hbond substituents is 1. The van der Waals surface area contributed by atoms with Crippen LogP contribution in [-0.4, -0.2) is 10.00 Å². The molecular formula is C27H34O4P+. The molecule has 3 rings (SSSR count). The van der Waals surface area contributed by atoms with E-state index in [0.29, 0.717) is 5.75 Å². The van der Waals surface area contributed by atoms with Gasteiger partial charge in [-0.15, -0.1) is 9.42 Å². The van der Waals surface area contributed by atoms with E-state index < -0.39 is 8.25 Å². The number of hydrogen-bond donors (Lipinski definition) is 2. The molecule has 0 aliphatic carbocycles. The van der Waals surface area contributed by atoms with Crippen LogP contribution in [0, 0.1) is 0 Å². The van der Waals surface area contributed by atoms with Gasteiger partial charge in [-0.1, -0.05) is 102 Å². The van der Waals surface area contributed by atoms with Crippen molar-refractivity contribution in [1.29, 1.82) is 0 Å². The molecule has 5 heteroatoms. The third-order valence-corrected chi connectivity index (χ3v) is 5.36. The highest BCUT2D eigenvalue weighted by atomic mass is 31.1. The summed E-state index contributed by atoms with van der Waals surface area (Å²) in [7, 11) is -2.62. The molecule has 0 aliphatic heterocycles. The van der Waals surface area contributed by atoms with E-state index in [2.05, 4.69) is 48.5 Å². The van der Waals surface area contributed by atoms with Gasteiger partial charge in [0.2, 0.25) is 0 Å². The van der Waals surface area contributed by atoms with Gasteiger partial charge in [0.15, 0.2) is 0 Å². The molecule has 0 amide bonds. The van der Waals surface area contributed by atoms with Crippen molar-refractivity contribution in [2.24, 2.45) is 0 Å². The maximum atomic E-state index is 10.7. The highest BCUT2D eigenvalue weighted by molar-refractivity contribution is 7.32. The molecule has 0 aromatic heterocycles. The fourth-order valence-corrected chi connectivity index (χ4v) is 3.57. The third kappa shape index (κ3) is 7.56. The summed E-state index contributed by atoms with van der Waals surface area (Å²) in [5.41, 5.74) is 4.53. The van der Waals surface area contributed by atoms with Crippen LogP contribution in [0.4, 0.5) is 0 Å². The third-order valence-electron chi connectivity index (χ3n) is 5.01. The molecule has 0 fully saturated rings. The Bertz CT molecular complexity index is 945. The standard InChI is InChI=1S/C15H23O4P.C12H10/c1-14(2,3)11-7-10(9-19-20(17)18)8-12(13(11)16)15(4,5)6;1-3-7-11(8-4-1)12-9-5-2-6-10-12/h7-8H,9H2,1-6H3,(H-,16,17,18);1-10H/p+1. The number of benzene rings is 3. The maximum absolute atomic E-state index is 10.7. The zero-order chi connectivity index (χ0) is 23.9. The Hall–Kier alpha value is -2.52. The lowest BCUT2D eigenvalue weighted by Gasteiger charge is -2.28. The van der Waals surface area contributed by atoms with Crippen molar-refractivity contribution in [3.63, 3.8) is 0 Å². The minimum absolute atomic E-state index is 0.0537. The topological polar surface area (TPSA) is 66.8 Å². The summed E-state index contributed by atoms with van der Waals surface area (Å²) in [6.45, 7) is 12.2. The molecule has 32 heavy (non-hydrogen) atoms. The van der Waals surface area contributed by atoms with Crippen LogP contribution >= 0.6 is 8.25 Å². The Kier molecular flexibility index (Phi) is 8.74. The van der Waals surface area contributed by atoms with Gasteiger partial charge in [-0.2, -0.15) is 0 Å². The average Bonchev–Trinajstić information content (AvgIpc) is 2.73. The predicted molar refractivity (Wildman–Crippen MR) is 132 cm³/mol. The first-order chi connectivity index (χ1) is 14.9. The Balaban J connectivity index is 0.000000255. The van der Waals surface area contributed by atoms with Gasteiger partial charge in [-0.05, 0) is 50.8 Å². The van der Waals surface area contributed by atoms with Crippen LogP contribution in [0.1, 0.15) is 58.2 Å². The quantitative estimate of drug-likeness (QED) is 0.401. The van der Waals surface area contributed by atoms with Gasteiger partial charge in [-0.25, -0.2) is 0 Å². The van der Waals surface area contributed by atoms with Crippen molar-refractivity contribution in [3.8, 4) is 16.9 Å². The van der Waals surface area contributed by atoms with E-state index in [9.17, 15) is 9.67 Å². The first-order valence-electron chi connectivity index (χ1n) is 10.7. The maximum Gasteiger partial charge on any atom is 0.695 e. The first-order valence-corrected chi connectivity index (χ1v) is 11.8. The van der Waals surface area contributed by atoms with E-state index >= 15 is 0 Å². The zero-order valence-electron chi connectivity index (χ0n) is 19.8. The summed E-state index contributed by atoms with van der Waals surface area (Å²) < 4.78 is 15.5. The highest BCUT2D eigenvalue weighted by Crippen LogP contribution is 2.40. The van der Waals surface area contributed by atoms with E-state index in [0.717, 1.165) is 16.7 Å². The van der Waals surface area contributed by atoms with Crippen molar-refractivity contribution < 1.29 is 19.1 Å². The largest absolute Gasteiger partial charge is 0.695 e. The molecule has 3 aromatic carbocycles. The molecule has 4 nitrogen and oxygen atoms in total. The summed E-state index contributed by atoms with van der Waals surface area (Å²) in [6, 6.07) is 24.5. The van der Waals surface area contributed by atoms with Crippen molar-refractivity contribution in [3.05, 3.63) is 89.5 Å². The van der Waals surface area contributed by atoms with Crippen LogP contribution in [0.2, 0.25) is 0 Å². The fraction of sp³-hybridized carbons (Fsp3) is 0.333. The van der Waals surface area contributed by atoms with E-state index in [-0.39, 0.29) is 17.4 Å². The summed E-state index contributed by atoms with van der Waals surface area (Å²) in [5, 5.41) is 10.5. The molecule has 0 bridgehead atoms. The van der Waals surface area contributed by atoms with E-state index in [1.54, 1.807) is 0 Å². The van der Waals surface area contributed by atoms with Crippen molar-refractivity contribution >= 4 is 8.25 Å². The van der Waals surface area contributed by atoms with Crippen molar-refractivity contribution in [1.82, 2.24) is 0 Å². The van der Waals surface area contributed by atoms with Gasteiger partial charge >= 0.3 is 8.25 Å². The number of phenols is 1. The summed E-state index contributed by atoms with van der Waals surface area (Å²) in [5.74, 6) is 0.294. The molecule has 0 aliphatic rings. The van der Waals surface area contributed by atoms with E-state index in [4.69, 9.17) is 9.42 Å². The normalized spacial score (nSPS) is 12.0. The molecule has 170 valence electrons. The molecule has 2 N–H and O–H groups in total. The van der Waals surface area contributed by atoms with E-state index in [1.165, 1.54) is 11.1 Å². The van der Waals surface area contributed by atoms with E-state index in [1.807, 2.05) is 65.8 Å². The Labute approximate surface area is 192 Å². The summed E-state index contributed by atoms with van der Waals surface area (Å²) in [6.07, 6.45) is 0. The van der Waals surface area contributed by atoms with Crippen molar-refractivity contribution in [2.45, 2.75) is 59.0 Å². The lowest BCUT2D eigenvalue weighted by Crippen LogP contribution is -2.18.